The van der Waals surface area contributed by atoms with Crippen molar-refractivity contribution in [2.45, 2.75) is 13.8 Å². The van der Waals surface area contributed by atoms with Crippen LogP contribution < -0.4 is 4.90 Å². The van der Waals surface area contributed by atoms with Crippen LogP contribution in [0, 0.1) is 13.3 Å². The number of hydrogen-bond donors (Lipinski definition) is 0. The highest BCUT2D eigenvalue weighted by molar-refractivity contribution is 6.30. The Kier molecular flexibility index (Phi) is 4.30. The van der Waals surface area contributed by atoms with Crippen molar-refractivity contribution in [1.29, 1.82) is 0 Å². The van der Waals surface area contributed by atoms with Crippen LogP contribution in [0.25, 0.3) is 0 Å². The first-order chi connectivity index (χ1) is 8.20. The van der Waals surface area contributed by atoms with Crippen molar-refractivity contribution < 1.29 is 0 Å². The molecule has 0 aromatic heterocycles. The Balaban J connectivity index is 2.02. The van der Waals surface area contributed by atoms with Crippen molar-refractivity contribution in [3.05, 3.63) is 35.2 Å². The summed E-state index contributed by atoms with van der Waals surface area (Å²) in [7, 11) is 0. The number of piperazine rings is 1. The normalized spacial score (nSPS) is 17.5. The number of anilines is 1. The Morgan fingerprint density at radius 2 is 1.94 bits per heavy atom. The van der Waals surface area contributed by atoms with E-state index < -0.39 is 0 Å². The molecule has 0 aliphatic carbocycles. The smallest absolute Gasteiger partial charge is 0.0426 e. The SMILES string of the molecule is C[CH]CN1CCN(c2cc(Cl)ccc2C)CC1. The fraction of sp³-hybridized carbons (Fsp3) is 0.500. The maximum Gasteiger partial charge on any atom is 0.0426 e. The molecule has 0 atom stereocenters. The van der Waals surface area contributed by atoms with Crippen molar-refractivity contribution in [3.8, 4) is 0 Å². The van der Waals surface area contributed by atoms with Crippen LogP contribution in [-0.2, 0) is 0 Å². The first-order valence-corrected chi connectivity index (χ1v) is 6.60. The highest BCUT2D eigenvalue weighted by Crippen LogP contribution is 2.25. The number of halogens is 1. The van der Waals surface area contributed by atoms with Crippen molar-refractivity contribution >= 4 is 17.3 Å². The van der Waals surface area contributed by atoms with Gasteiger partial charge in [-0.2, -0.15) is 0 Å². The van der Waals surface area contributed by atoms with Crippen molar-refractivity contribution in [2.24, 2.45) is 0 Å². The molecule has 1 radical (unpaired) electrons. The maximum absolute atomic E-state index is 6.07. The van der Waals surface area contributed by atoms with Crippen LogP contribution >= 0.6 is 11.6 Å². The molecule has 1 aliphatic rings. The van der Waals surface area contributed by atoms with Gasteiger partial charge >= 0.3 is 0 Å². The highest BCUT2D eigenvalue weighted by Gasteiger charge is 2.17. The van der Waals surface area contributed by atoms with Gasteiger partial charge in [-0.3, -0.25) is 4.90 Å². The lowest BCUT2D eigenvalue weighted by Crippen LogP contribution is -2.46. The monoisotopic (exact) mass is 251 g/mol. The Bertz CT molecular complexity index is 370. The third-order valence-electron chi connectivity index (χ3n) is 3.32. The van der Waals surface area contributed by atoms with Crippen molar-refractivity contribution in [2.75, 3.05) is 37.6 Å². The number of benzene rings is 1. The lowest BCUT2D eigenvalue weighted by Gasteiger charge is -2.36. The summed E-state index contributed by atoms with van der Waals surface area (Å²) >= 11 is 6.07. The van der Waals surface area contributed by atoms with E-state index in [2.05, 4.69) is 42.2 Å². The van der Waals surface area contributed by atoms with Crippen LogP contribution in [0.3, 0.4) is 0 Å². The zero-order valence-electron chi connectivity index (χ0n) is 10.6. The van der Waals surface area contributed by atoms with Gasteiger partial charge in [0.1, 0.15) is 0 Å². The van der Waals surface area contributed by atoms with Crippen molar-refractivity contribution in [3.63, 3.8) is 0 Å². The lowest BCUT2D eigenvalue weighted by atomic mass is 10.1. The summed E-state index contributed by atoms with van der Waals surface area (Å²) in [4.78, 5) is 4.92. The molecule has 0 bridgehead atoms. The third kappa shape index (κ3) is 3.14. The van der Waals surface area contributed by atoms with Crippen LogP contribution in [-0.4, -0.2) is 37.6 Å². The van der Waals surface area contributed by atoms with Gasteiger partial charge in [-0.1, -0.05) is 24.6 Å². The van der Waals surface area contributed by atoms with E-state index in [1.807, 2.05) is 6.07 Å². The summed E-state index contributed by atoms with van der Waals surface area (Å²) in [6, 6.07) is 6.14. The fourth-order valence-electron chi connectivity index (χ4n) is 2.35. The second kappa shape index (κ2) is 5.74. The molecule has 0 amide bonds. The summed E-state index contributed by atoms with van der Waals surface area (Å²) in [6.07, 6.45) is 2.22. The van der Waals surface area contributed by atoms with Crippen LogP contribution in [0.4, 0.5) is 5.69 Å². The van der Waals surface area contributed by atoms with E-state index in [4.69, 9.17) is 11.6 Å². The average Bonchev–Trinajstić information content (AvgIpc) is 2.34. The molecule has 2 rings (SSSR count). The standard InChI is InChI=1S/C14H20ClN2/c1-3-6-16-7-9-17(10-8-16)14-11-13(15)5-4-12(14)2/h3-5,11H,6-10H2,1-2H3. The molecule has 1 aromatic rings. The summed E-state index contributed by atoms with van der Waals surface area (Å²) in [6.45, 7) is 9.82. The average molecular weight is 252 g/mol. The van der Waals surface area contributed by atoms with Crippen molar-refractivity contribution in [1.82, 2.24) is 4.90 Å². The molecule has 3 heteroatoms. The van der Waals surface area contributed by atoms with Crippen LogP contribution in [0.15, 0.2) is 18.2 Å². The molecule has 2 nitrogen and oxygen atoms in total. The van der Waals surface area contributed by atoms with Crippen LogP contribution in [0.2, 0.25) is 5.02 Å². The van der Waals surface area contributed by atoms with Crippen LogP contribution in [0.1, 0.15) is 12.5 Å². The number of aryl methyl sites for hydroxylation is 1. The van der Waals surface area contributed by atoms with E-state index in [0.29, 0.717) is 0 Å². The molecule has 17 heavy (non-hydrogen) atoms. The van der Waals surface area contributed by atoms with Gasteiger partial charge in [-0.15, -0.1) is 0 Å². The molecule has 1 aromatic carbocycles. The highest BCUT2D eigenvalue weighted by atomic mass is 35.5. The molecule has 0 spiro atoms. The summed E-state index contributed by atoms with van der Waals surface area (Å²) in [5, 5.41) is 0.829. The molecular weight excluding hydrogens is 232 g/mol. The summed E-state index contributed by atoms with van der Waals surface area (Å²) in [5.74, 6) is 0. The predicted molar refractivity (Wildman–Crippen MR) is 74.8 cm³/mol. The van der Waals surface area contributed by atoms with E-state index in [9.17, 15) is 0 Å². The molecule has 0 saturated carbocycles. The first-order valence-electron chi connectivity index (χ1n) is 6.22. The predicted octanol–water partition coefficient (Wildman–Crippen LogP) is 2.99. The maximum atomic E-state index is 6.07. The van der Waals surface area contributed by atoms with Gasteiger partial charge in [0.2, 0.25) is 0 Å². The number of rotatable bonds is 3. The second-order valence-corrected chi connectivity index (χ2v) is 5.06. The van der Waals surface area contributed by atoms with Gasteiger partial charge in [0, 0.05) is 43.4 Å². The molecule has 1 fully saturated rings. The molecule has 1 heterocycles. The van der Waals surface area contributed by atoms with E-state index in [-0.39, 0.29) is 0 Å². The van der Waals surface area contributed by atoms with Gasteiger partial charge in [-0.25, -0.2) is 0 Å². The number of nitrogens with zero attached hydrogens (tertiary/aromatic N) is 2. The molecule has 1 saturated heterocycles. The second-order valence-electron chi connectivity index (χ2n) is 4.63. The fourth-order valence-corrected chi connectivity index (χ4v) is 2.52. The Hall–Kier alpha value is -0.730. The first kappa shape index (κ1) is 12.7. The zero-order valence-corrected chi connectivity index (χ0v) is 11.4. The van der Waals surface area contributed by atoms with Crippen LogP contribution in [0.5, 0.6) is 0 Å². The van der Waals surface area contributed by atoms with Gasteiger partial charge in [0.15, 0.2) is 0 Å². The van der Waals surface area contributed by atoms with Gasteiger partial charge < -0.3 is 4.90 Å². The topological polar surface area (TPSA) is 6.48 Å². The van der Waals surface area contributed by atoms with E-state index in [1.165, 1.54) is 11.3 Å². The van der Waals surface area contributed by atoms with Gasteiger partial charge in [0.05, 0.1) is 0 Å². The minimum Gasteiger partial charge on any atom is -0.369 e. The molecule has 0 unspecified atom stereocenters. The van der Waals surface area contributed by atoms with E-state index in [1.54, 1.807) is 0 Å². The quantitative estimate of drug-likeness (QED) is 0.815. The zero-order chi connectivity index (χ0) is 12.3. The summed E-state index contributed by atoms with van der Waals surface area (Å²) < 4.78 is 0. The number of hydrogen-bond acceptors (Lipinski definition) is 2. The third-order valence-corrected chi connectivity index (χ3v) is 3.56. The Labute approximate surface area is 109 Å². The van der Waals surface area contributed by atoms with E-state index in [0.717, 1.165) is 37.7 Å². The molecule has 93 valence electrons. The van der Waals surface area contributed by atoms with E-state index >= 15 is 0 Å². The Morgan fingerprint density at radius 3 is 2.59 bits per heavy atom. The van der Waals surface area contributed by atoms with Gasteiger partial charge in [-0.05, 0) is 31.0 Å². The summed E-state index contributed by atoms with van der Waals surface area (Å²) in [5.41, 5.74) is 2.60. The molecule has 1 aliphatic heterocycles. The molecule has 0 N–H and O–H groups in total. The minimum absolute atomic E-state index is 0.829. The largest absolute Gasteiger partial charge is 0.369 e. The molecular formula is C14H20ClN2. The Morgan fingerprint density at radius 1 is 1.24 bits per heavy atom. The van der Waals surface area contributed by atoms with Gasteiger partial charge in [0.25, 0.3) is 0 Å². The lowest BCUT2D eigenvalue weighted by molar-refractivity contribution is 0.276. The minimum atomic E-state index is 0.829.